The van der Waals surface area contributed by atoms with Gasteiger partial charge >= 0.3 is 5.97 Å². The Morgan fingerprint density at radius 1 is 1.09 bits per heavy atom. The number of fused-ring (bicyclic) bond motifs is 6. The Morgan fingerprint density at radius 3 is 2.51 bits per heavy atom. The average molecular weight is 615 g/mol. The van der Waals surface area contributed by atoms with Crippen molar-refractivity contribution in [3.8, 4) is 17.2 Å². The smallest absolute Gasteiger partial charge is 0.317 e. The van der Waals surface area contributed by atoms with Crippen LogP contribution in [0.5, 0.6) is 17.2 Å². The standard InChI is InChI=1S/C30H22F4N2O6S/c1-30-22(28(38)40-3)25(16-6-4-5-7-20(16)42-30)36-27(37)21(43-29(36)35-30)11-14-8-9-19(39-2)15(10-14)13-41-26-23(33)17(31)12-18(32)24(26)34/h4-12,22,25H,13H2,1-3H3/b21-11-/t22-,25-,30+/m1/s1. The Hall–Kier alpha value is -4.65. The number of carbonyl (C=O) groups is 1. The highest BCUT2D eigenvalue weighted by Crippen LogP contribution is 2.47. The molecule has 43 heavy (non-hydrogen) atoms. The summed E-state index contributed by atoms with van der Waals surface area (Å²) in [6.45, 7) is 1.16. The number of halogens is 4. The third-order valence-electron chi connectivity index (χ3n) is 7.38. The first-order valence-electron chi connectivity index (χ1n) is 12.9. The molecule has 8 nitrogen and oxygen atoms in total. The SMILES string of the molecule is COC(=O)[C@H]1[C@H]2c3ccccc3O[C@]1(C)N=c1s/c(=C\c3ccc(OC)c(COc4c(F)c(F)cc(F)c4F)c3)c(=O)n12. The number of benzene rings is 3. The third kappa shape index (κ3) is 4.63. The highest BCUT2D eigenvalue weighted by molar-refractivity contribution is 7.07. The van der Waals surface area contributed by atoms with E-state index in [9.17, 15) is 27.2 Å². The van der Waals surface area contributed by atoms with Crippen LogP contribution in [-0.2, 0) is 16.1 Å². The number of aromatic nitrogens is 1. The van der Waals surface area contributed by atoms with Crippen LogP contribution in [0.25, 0.3) is 6.08 Å². The van der Waals surface area contributed by atoms with Crippen molar-refractivity contribution in [1.29, 1.82) is 0 Å². The van der Waals surface area contributed by atoms with E-state index in [0.717, 1.165) is 11.3 Å². The van der Waals surface area contributed by atoms with Crippen molar-refractivity contribution >= 4 is 23.4 Å². The second-order valence-corrected chi connectivity index (χ2v) is 11.0. The Kier molecular flexibility index (Phi) is 6.99. The lowest BCUT2D eigenvalue weighted by molar-refractivity contribution is -0.158. The molecule has 2 bridgehead atoms. The van der Waals surface area contributed by atoms with Crippen molar-refractivity contribution in [2.75, 3.05) is 14.2 Å². The molecule has 2 aliphatic heterocycles. The van der Waals surface area contributed by atoms with Crippen molar-refractivity contribution in [2.45, 2.75) is 25.3 Å². The summed E-state index contributed by atoms with van der Waals surface area (Å²) in [5, 5.41) is 0. The van der Waals surface area contributed by atoms with E-state index in [-0.39, 0.29) is 21.9 Å². The van der Waals surface area contributed by atoms with Crippen LogP contribution in [0.4, 0.5) is 17.6 Å². The molecular formula is C30H22F4N2O6S. The minimum atomic E-state index is -1.67. The fourth-order valence-corrected chi connectivity index (χ4v) is 6.51. The summed E-state index contributed by atoms with van der Waals surface area (Å²) < 4.78 is 79.0. The number of rotatable bonds is 6. The van der Waals surface area contributed by atoms with Gasteiger partial charge in [0.1, 0.15) is 24.0 Å². The molecule has 222 valence electrons. The number of thiazole rings is 1. The van der Waals surface area contributed by atoms with Gasteiger partial charge in [-0.05, 0) is 36.8 Å². The Balaban J connectivity index is 1.43. The number of para-hydroxylation sites is 1. The molecule has 13 heteroatoms. The maximum Gasteiger partial charge on any atom is 0.317 e. The highest BCUT2D eigenvalue weighted by atomic mass is 32.1. The summed E-state index contributed by atoms with van der Waals surface area (Å²) in [5.74, 6) is -8.49. The highest BCUT2D eigenvalue weighted by Gasteiger charge is 2.55. The molecule has 0 unspecified atom stereocenters. The molecule has 0 spiro atoms. The number of ether oxygens (including phenoxy) is 4. The van der Waals surface area contributed by atoms with E-state index < -0.39 is 64.8 Å². The minimum Gasteiger partial charge on any atom is -0.496 e. The predicted octanol–water partition coefficient (Wildman–Crippen LogP) is 4.00. The van der Waals surface area contributed by atoms with Crippen LogP contribution >= 0.6 is 11.3 Å². The van der Waals surface area contributed by atoms with E-state index in [2.05, 4.69) is 4.99 Å². The summed E-state index contributed by atoms with van der Waals surface area (Å²) in [6.07, 6.45) is 1.58. The number of esters is 1. The molecule has 0 radical (unpaired) electrons. The maximum atomic E-state index is 14.1. The lowest BCUT2D eigenvalue weighted by atomic mass is 9.81. The average Bonchev–Trinajstić information content (AvgIpc) is 3.28. The van der Waals surface area contributed by atoms with Crippen LogP contribution in [0, 0.1) is 29.2 Å². The molecule has 3 atom stereocenters. The predicted molar refractivity (Wildman–Crippen MR) is 146 cm³/mol. The van der Waals surface area contributed by atoms with Crippen molar-refractivity contribution < 1.29 is 41.3 Å². The fourth-order valence-electron chi connectivity index (χ4n) is 5.41. The molecule has 0 amide bonds. The van der Waals surface area contributed by atoms with E-state index >= 15 is 0 Å². The van der Waals surface area contributed by atoms with Crippen molar-refractivity contribution in [3.63, 3.8) is 0 Å². The van der Waals surface area contributed by atoms with Gasteiger partial charge in [-0.2, -0.15) is 8.78 Å². The summed E-state index contributed by atoms with van der Waals surface area (Å²) in [6, 6.07) is 11.2. The minimum absolute atomic E-state index is 0.0887. The molecule has 0 N–H and O–H groups in total. The van der Waals surface area contributed by atoms with Crippen molar-refractivity contribution in [3.05, 3.63) is 108 Å². The topological polar surface area (TPSA) is 88.4 Å². The molecule has 1 aromatic heterocycles. The van der Waals surface area contributed by atoms with Gasteiger partial charge in [0.25, 0.3) is 5.56 Å². The zero-order valence-corrected chi connectivity index (χ0v) is 23.6. The van der Waals surface area contributed by atoms with Crippen LogP contribution in [0.15, 0.2) is 58.3 Å². The van der Waals surface area contributed by atoms with E-state index in [0.29, 0.717) is 21.7 Å². The first kappa shape index (κ1) is 28.5. The number of methoxy groups -OCH3 is 2. The summed E-state index contributed by atoms with van der Waals surface area (Å²) in [5.41, 5.74) is -0.337. The van der Waals surface area contributed by atoms with E-state index in [1.165, 1.54) is 18.8 Å². The van der Waals surface area contributed by atoms with Gasteiger partial charge in [-0.3, -0.25) is 14.2 Å². The van der Waals surface area contributed by atoms with Crippen LogP contribution in [-0.4, -0.2) is 30.5 Å². The van der Waals surface area contributed by atoms with Gasteiger partial charge in [-0.25, -0.2) is 13.8 Å². The van der Waals surface area contributed by atoms with Crippen LogP contribution in [0.3, 0.4) is 0 Å². The largest absolute Gasteiger partial charge is 0.496 e. The van der Waals surface area contributed by atoms with Gasteiger partial charge in [0, 0.05) is 17.2 Å². The molecule has 3 aromatic carbocycles. The van der Waals surface area contributed by atoms with E-state index in [1.807, 2.05) is 0 Å². The first-order valence-corrected chi connectivity index (χ1v) is 13.7. The summed E-state index contributed by atoms with van der Waals surface area (Å²) >= 11 is 1.09. The molecule has 0 saturated carbocycles. The summed E-state index contributed by atoms with van der Waals surface area (Å²) in [7, 11) is 2.62. The number of hydrogen-bond donors (Lipinski definition) is 0. The quantitative estimate of drug-likeness (QED) is 0.185. The van der Waals surface area contributed by atoms with Gasteiger partial charge in [0.05, 0.1) is 24.8 Å². The van der Waals surface area contributed by atoms with Gasteiger partial charge in [-0.15, -0.1) is 0 Å². The number of hydrogen-bond acceptors (Lipinski definition) is 8. The zero-order chi connectivity index (χ0) is 30.6. The molecule has 0 fully saturated rings. The number of carbonyl (C=O) groups excluding carboxylic acids is 1. The normalized spacial score (nSPS) is 20.4. The van der Waals surface area contributed by atoms with Crippen LogP contribution in [0.2, 0.25) is 0 Å². The Bertz CT molecular complexity index is 1950. The van der Waals surface area contributed by atoms with E-state index in [1.54, 1.807) is 55.5 Å². The third-order valence-corrected chi connectivity index (χ3v) is 8.36. The summed E-state index contributed by atoms with van der Waals surface area (Å²) in [4.78, 5) is 31.8. The molecule has 2 aliphatic rings. The first-order chi connectivity index (χ1) is 20.6. The maximum absolute atomic E-state index is 14.1. The van der Waals surface area contributed by atoms with Crippen molar-refractivity contribution in [1.82, 2.24) is 4.57 Å². The van der Waals surface area contributed by atoms with Crippen molar-refractivity contribution in [2.24, 2.45) is 10.9 Å². The molecule has 0 saturated heterocycles. The second-order valence-electron chi connectivity index (χ2n) is 9.98. The Morgan fingerprint density at radius 2 is 1.81 bits per heavy atom. The van der Waals surface area contributed by atoms with Gasteiger partial charge in [0.15, 0.2) is 22.2 Å². The van der Waals surface area contributed by atoms with Gasteiger partial charge in [0.2, 0.25) is 17.4 Å². The zero-order valence-electron chi connectivity index (χ0n) is 22.8. The number of nitrogens with zero attached hydrogens (tertiary/aromatic N) is 2. The molecule has 0 aliphatic carbocycles. The lowest BCUT2D eigenvalue weighted by Gasteiger charge is -2.44. The van der Waals surface area contributed by atoms with E-state index in [4.69, 9.17) is 18.9 Å². The molecule has 3 heterocycles. The van der Waals surface area contributed by atoms with Crippen LogP contribution in [0.1, 0.15) is 29.7 Å². The van der Waals surface area contributed by atoms with Gasteiger partial charge < -0.3 is 18.9 Å². The molecule has 6 rings (SSSR count). The molecular weight excluding hydrogens is 592 g/mol. The fraction of sp³-hybridized carbons (Fsp3) is 0.233. The van der Waals surface area contributed by atoms with Crippen LogP contribution < -0.4 is 29.1 Å². The van der Waals surface area contributed by atoms with Gasteiger partial charge in [-0.1, -0.05) is 35.6 Å². The lowest BCUT2D eigenvalue weighted by Crippen LogP contribution is -2.58. The monoisotopic (exact) mass is 614 g/mol. The second kappa shape index (κ2) is 10.6. The molecule has 4 aromatic rings. The Labute approximate surface area is 245 Å².